The highest BCUT2D eigenvalue weighted by Crippen LogP contribution is 2.24. The van der Waals surface area contributed by atoms with Crippen LogP contribution in [0, 0.1) is 0 Å². The maximum Gasteiger partial charge on any atom is 0.346 e. The van der Waals surface area contributed by atoms with Crippen LogP contribution in [0.5, 0.6) is 0 Å². The van der Waals surface area contributed by atoms with Gasteiger partial charge >= 0.3 is 11.7 Å². The van der Waals surface area contributed by atoms with E-state index in [1.54, 1.807) is 28.8 Å². The van der Waals surface area contributed by atoms with Gasteiger partial charge in [-0.2, -0.15) is 5.10 Å². The van der Waals surface area contributed by atoms with Gasteiger partial charge in [-0.1, -0.05) is 54.6 Å². The van der Waals surface area contributed by atoms with E-state index in [-0.39, 0.29) is 11.3 Å². The summed E-state index contributed by atoms with van der Waals surface area (Å²) >= 11 is 0. The van der Waals surface area contributed by atoms with Gasteiger partial charge in [0.15, 0.2) is 0 Å². The molecule has 154 valence electrons. The van der Waals surface area contributed by atoms with Crippen LogP contribution in [0.2, 0.25) is 0 Å². The number of nitrogens with zero attached hydrogens (tertiary/aromatic N) is 3. The largest absolute Gasteiger partial charge is 0.478 e. The molecule has 0 atom stereocenters. The Bertz CT molecular complexity index is 1110. The quantitative estimate of drug-likeness (QED) is 0.516. The number of hydrogen-bond donors (Lipinski definition) is 1. The molecule has 6 nitrogen and oxygen atoms in total. The van der Waals surface area contributed by atoms with Crippen molar-refractivity contribution in [3.8, 4) is 11.1 Å². The predicted molar refractivity (Wildman–Crippen MR) is 118 cm³/mol. The van der Waals surface area contributed by atoms with E-state index >= 15 is 0 Å². The third-order valence-electron chi connectivity index (χ3n) is 4.88. The Morgan fingerprint density at radius 1 is 1.03 bits per heavy atom. The third-order valence-corrected chi connectivity index (χ3v) is 4.88. The lowest BCUT2D eigenvalue weighted by Gasteiger charge is -2.09. The Kier molecular flexibility index (Phi) is 6.80. The van der Waals surface area contributed by atoms with Crippen molar-refractivity contribution in [1.29, 1.82) is 0 Å². The van der Waals surface area contributed by atoms with Gasteiger partial charge in [0.2, 0.25) is 0 Å². The van der Waals surface area contributed by atoms with E-state index < -0.39 is 5.97 Å². The first-order chi connectivity index (χ1) is 14.5. The Hall–Kier alpha value is -3.67. The van der Waals surface area contributed by atoms with Gasteiger partial charge in [-0.05, 0) is 35.6 Å². The van der Waals surface area contributed by atoms with E-state index in [0.717, 1.165) is 23.4 Å². The van der Waals surface area contributed by atoms with Crippen LogP contribution < -0.4 is 5.69 Å². The molecule has 1 aromatic heterocycles. The van der Waals surface area contributed by atoms with E-state index in [9.17, 15) is 14.7 Å². The lowest BCUT2D eigenvalue weighted by Crippen LogP contribution is -2.26. The normalized spacial score (nSPS) is 10.7. The van der Waals surface area contributed by atoms with Crippen molar-refractivity contribution in [3.63, 3.8) is 0 Å². The first-order valence-corrected chi connectivity index (χ1v) is 9.85. The first kappa shape index (κ1) is 21.0. The summed E-state index contributed by atoms with van der Waals surface area (Å²) in [7, 11) is 0. The molecular formula is C24H25N3O3. The van der Waals surface area contributed by atoms with Gasteiger partial charge < -0.3 is 5.11 Å². The van der Waals surface area contributed by atoms with Crippen molar-refractivity contribution in [2.75, 3.05) is 0 Å². The van der Waals surface area contributed by atoms with E-state index in [1.807, 2.05) is 36.4 Å². The standard InChI is InChI=1S/C24H25N3O3/c1-3-5-11-22-25-27(16-6-4-2)24(30)26(22)17-18-12-14-19(15-13-18)20-9-7-8-10-21(20)23(28)29/h3-4,7-10,12-15H,1-2,5-6,11,16-17H2,(H,28,29). The Balaban J connectivity index is 1.89. The molecule has 0 aliphatic rings. The number of allylic oxidation sites excluding steroid dienone is 2. The number of aryl methyl sites for hydroxylation is 2. The van der Waals surface area contributed by atoms with Crippen molar-refractivity contribution >= 4 is 5.97 Å². The van der Waals surface area contributed by atoms with Gasteiger partial charge in [-0.3, -0.25) is 4.57 Å². The summed E-state index contributed by atoms with van der Waals surface area (Å²) in [5, 5.41) is 13.9. The molecule has 0 aliphatic carbocycles. The van der Waals surface area contributed by atoms with Crippen LogP contribution in [0.25, 0.3) is 11.1 Å². The fraction of sp³-hybridized carbons (Fsp3) is 0.208. The van der Waals surface area contributed by atoms with Crippen LogP contribution in [0.1, 0.15) is 34.6 Å². The summed E-state index contributed by atoms with van der Waals surface area (Å²) in [6, 6.07) is 14.5. The number of aromatic nitrogens is 3. The fourth-order valence-electron chi connectivity index (χ4n) is 3.31. The Labute approximate surface area is 175 Å². The minimum absolute atomic E-state index is 0.142. The zero-order valence-electron chi connectivity index (χ0n) is 16.8. The number of rotatable bonds is 10. The molecule has 3 rings (SSSR count). The summed E-state index contributed by atoms with van der Waals surface area (Å²) in [6.45, 7) is 8.36. The highest BCUT2D eigenvalue weighted by Gasteiger charge is 2.14. The molecule has 0 spiro atoms. The summed E-state index contributed by atoms with van der Waals surface area (Å²) in [5.74, 6) is -0.232. The molecule has 0 radical (unpaired) electrons. The number of benzene rings is 2. The third kappa shape index (κ3) is 4.66. The molecule has 0 aliphatic heterocycles. The molecular weight excluding hydrogens is 378 g/mol. The number of aromatic carboxylic acids is 1. The molecule has 6 heteroatoms. The lowest BCUT2D eigenvalue weighted by molar-refractivity contribution is 0.0697. The van der Waals surface area contributed by atoms with Crippen LogP contribution in [-0.4, -0.2) is 25.4 Å². The van der Waals surface area contributed by atoms with Gasteiger partial charge in [0.1, 0.15) is 5.82 Å². The van der Waals surface area contributed by atoms with Gasteiger partial charge in [0, 0.05) is 13.0 Å². The van der Waals surface area contributed by atoms with Crippen LogP contribution in [-0.2, 0) is 19.5 Å². The highest BCUT2D eigenvalue weighted by molar-refractivity contribution is 5.95. The van der Waals surface area contributed by atoms with Crippen LogP contribution >= 0.6 is 0 Å². The topological polar surface area (TPSA) is 77.1 Å². The molecule has 3 aromatic rings. The van der Waals surface area contributed by atoms with Crippen molar-refractivity contribution in [2.24, 2.45) is 0 Å². The van der Waals surface area contributed by atoms with Crippen molar-refractivity contribution in [2.45, 2.75) is 32.4 Å². The zero-order chi connectivity index (χ0) is 21.5. The predicted octanol–water partition coefficient (Wildman–Crippen LogP) is 4.15. The van der Waals surface area contributed by atoms with E-state index in [0.29, 0.717) is 31.5 Å². The molecule has 0 bridgehead atoms. The Morgan fingerprint density at radius 2 is 1.73 bits per heavy atom. The second-order valence-electron chi connectivity index (χ2n) is 6.96. The van der Waals surface area contributed by atoms with E-state index in [2.05, 4.69) is 18.3 Å². The molecule has 1 heterocycles. The molecule has 0 saturated heterocycles. The lowest BCUT2D eigenvalue weighted by atomic mass is 9.99. The number of carboxylic acids is 1. The maximum absolute atomic E-state index is 12.8. The fourth-order valence-corrected chi connectivity index (χ4v) is 3.31. The minimum atomic E-state index is -0.958. The number of carboxylic acid groups (broad SMARTS) is 1. The maximum atomic E-state index is 12.8. The molecule has 30 heavy (non-hydrogen) atoms. The Morgan fingerprint density at radius 3 is 2.40 bits per heavy atom. The average Bonchev–Trinajstić information content (AvgIpc) is 3.05. The molecule has 1 N–H and O–H groups in total. The molecule has 0 fully saturated rings. The number of carbonyl (C=O) groups is 1. The molecule has 2 aromatic carbocycles. The number of hydrogen-bond acceptors (Lipinski definition) is 3. The summed E-state index contributed by atoms with van der Waals surface area (Å²) < 4.78 is 3.17. The molecule has 0 saturated carbocycles. The summed E-state index contributed by atoms with van der Waals surface area (Å²) in [6.07, 6.45) is 5.64. The summed E-state index contributed by atoms with van der Waals surface area (Å²) in [5.41, 5.74) is 2.54. The smallest absolute Gasteiger partial charge is 0.346 e. The van der Waals surface area contributed by atoms with Gasteiger partial charge in [-0.25, -0.2) is 14.3 Å². The SMILES string of the molecule is C=CCCc1nn(CCC=C)c(=O)n1Cc1ccc(-c2ccccc2C(=O)O)cc1. The molecule has 0 unspecified atom stereocenters. The zero-order valence-corrected chi connectivity index (χ0v) is 16.8. The van der Waals surface area contributed by atoms with Crippen molar-refractivity contribution in [3.05, 3.63) is 101 Å². The van der Waals surface area contributed by atoms with Gasteiger partial charge in [-0.15, -0.1) is 13.2 Å². The van der Waals surface area contributed by atoms with E-state index in [4.69, 9.17) is 0 Å². The first-order valence-electron chi connectivity index (χ1n) is 9.85. The summed E-state index contributed by atoms with van der Waals surface area (Å²) in [4.78, 5) is 24.3. The van der Waals surface area contributed by atoms with Crippen LogP contribution in [0.4, 0.5) is 0 Å². The van der Waals surface area contributed by atoms with E-state index in [1.165, 1.54) is 4.68 Å². The van der Waals surface area contributed by atoms with Crippen molar-refractivity contribution < 1.29 is 9.90 Å². The second-order valence-corrected chi connectivity index (χ2v) is 6.96. The molecule has 0 amide bonds. The monoisotopic (exact) mass is 403 g/mol. The van der Waals surface area contributed by atoms with Crippen LogP contribution in [0.15, 0.2) is 78.6 Å². The van der Waals surface area contributed by atoms with Crippen LogP contribution in [0.3, 0.4) is 0 Å². The van der Waals surface area contributed by atoms with Gasteiger partial charge in [0.25, 0.3) is 0 Å². The highest BCUT2D eigenvalue weighted by atomic mass is 16.4. The average molecular weight is 403 g/mol. The van der Waals surface area contributed by atoms with Crippen molar-refractivity contribution in [1.82, 2.24) is 14.3 Å². The second kappa shape index (κ2) is 9.69. The van der Waals surface area contributed by atoms with Gasteiger partial charge in [0.05, 0.1) is 12.1 Å². The minimum Gasteiger partial charge on any atom is -0.478 e.